The molecular formula is C36H34N2O6. The summed E-state index contributed by atoms with van der Waals surface area (Å²) in [6.45, 7) is 6.08. The van der Waals surface area contributed by atoms with E-state index in [9.17, 15) is 9.90 Å². The number of para-hydroxylation sites is 1. The number of carboxylic acid groups (broad SMARTS) is 1. The van der Waals surface area contributed by atoms with Crippen molar-refractivity contribution in [3.8, 4) is 28.7 Å². The fourth-order valence-electron chi connectivity index (χ4n) is 5.20. The molecule has 0 spiro atoms. The first-order chi connectivity index (χ1) is 21.2. The van der Waals surface area contributed by atoms with Crippen LogP contribution in [0.15, 0.2) is 95.4 Å². The number of fused-ring (bicyclic) bond motifs is 3. The number of aryl methyl sites for hydroxylation is 1. The Labute approximate surface area is 255 Å². The standard InChI is InChI=1S/C36H34N2O6/c1-23-27(37-34(44-23)25-11-6-5-7-12-25)21-42-30-18-17-24(19-32(30)41-4)20-38-28-14-9-8-13-26(28)33-29(38)15-10-16-31(33)43-22-36(2,3)35(39)40/h5-19H,20-22H2,1-4H3,(H,39,40). The lowest BCUT2D eigenvalue weighted by Gasteiger charge is -2.20. The van der Waals surface area contributed by atoms with Gasteiger partial charge in [-0.2, -0.15) is 0 Å². The van der Waals surface area contributed by atoms with Gasteiger partial charge in [-0.1, -0.05) is 48.5 Å². The Morgan fingerprint density at radius 3 is 2.41 bits per heavy atom. The van der Waals surface area contributed by atoms with E-state index in [2.05, 4.69) is 27.8 Å². The van der Waals surface area contributed by atoms with Crippen molar-refractivity contribution in [2.75, 3.05) is 13.7 Å². The SMILES string of the molecule is COc1cc(Cn2c3ccccc3c3c(OCC(C)(C)C(=O)O)cccc32)ccc1OCc1nc(-c2ccccc2)oc1C. The van der Waals surface area contributed by atoms with Crippen molar-refractivity contribution in [3.63, 3.8) is 0 Å². The second-order valence-electron chi connectivity index (χ2n) is 11.4. The molecule has 8 heteroatoms. The summed E-state index contributed by atoms with van der Waals surface area (Å²) in [5.41, 5.74) is 3.69. The van der Waals surface area contributed by atoms with Gasteiger partial charge < -0.3 is 28.3 Å². The minimum atomic E-state index is -1.02. The van der Waals surface area contributed by atoms with Crippen molar-refractivity contribution in [2.45, 2.75) is 33.9 Å². The molecule has 44 heavy (non-hydrogen) atoms. The summed E-state index contributed by atoms with van der Waals surface area (Å²) in [6, 6.07) is 29.8. The van der Waals surface area contributed by atoms with Gasteiger partial charge in [0, 0.05) is 28.4 Å². The number of oxazole rings is 1. The first-order valence-electron chi connectivity index (χ1n) is 14.4. The Balaban J connectivity index is 1.27. The number of carbonyl (C=O) groups is 1. The summed E-state index contributed by atoms with van der Waals surface area (Å²) < 4.78 is 26.1. The monoisotopic (exact) mass is 590 g/mol. The Morgan fingerprint density at radius 1 is 0.886 bits per heavy atom. The first kappa shape index (κ1) is 28.9. The molecule has 224 valence electrons. The van der Waals surface area contributed by atoms with Crippen LogP contribution < -0.4 is 14.2 Å². The number of aromatic nitrogens is 2. The highest BCUT2D eigenvalue weighted by Crippen LogP contribution is 2.38. The fraction of sp³-hybridized carbons (Fsp3) is 0.222. The average molecular weight is 591 g/mol. The molecule has 0 unspecified atom stereocenters. The minimum Gasteiger partial charge on any atom is -0.493 e. The molecule has 1 N–H and O–H groups in total. The van der Waals surface area contributed by atoms with Crippen LogP contribution in [0.1, 0.15) is 30.9 Å². The van der Waals surface area contributed by atoms with Gasteiger partial charge in [0.05, 0.1) is 18.0 Å². The van der Waals surface area contributed by atoms with E-state index in [0.29, 0.717) is 35.4 Å². The highest BCUT2D eigenvalue weighted by atomic mass is 16.5. The van der Waals surface area contributed by atoms with Crippen molar-refractivity contribution in [1.82, 2.24) is 9.55 Å². The van der Waals surface area contributed by atoms with Crippen LogP contribution in [-0.2, 0) is 17.9 Å². The van der Waals surface area contributed by atoms with Gasteiger partial charge in [0.1, 0.15) is 30.4 Å². The molecule has 4 aromatic carbocycles. The third kappa shape index (κ3) is 5.58. The molecule has 0 amide bonds. The van der Waals surface area contributed by atoms with Crippen molar-refractivity contribution >= 4 is 27.8 Å². The second kappa shape index (κ2) is 11.8. The van der Waals surface area contributed by atoms with E-state index >= 15 is 0 Å². The molecule has 0 aliphatic heterocycles. The topological polar surface area (TPSA) is 96.0 Å². The van der Waals surface area contributed by atoms with Gasteiger partial charge in [-0.05, 0) is 68.8 Å². The van der Waals surface area contributed by atoms with Gasteiger partial charge in [-0.25, -0.2) is 4.98 Å². The molecule has 2 heterocycles. The maximum atomic E-state index is 11.7. The molecule has 0 aliphatic carbocycles. The number of methoxy groups -OCH3 is 1. The Kier molecular flexibility index (Phi) is 7.74. The molecule has 0 radical (unpaired) electrons. The number of nitrogens with zero attached hydrogens (tertiary/aromatic N) is 2. The molecule has 0 saturated heterocycles. The van der Waals surface area contributed by atoms with Crippen LogP contribution in [0.4, 0.5) is 0 Å². The highest BCUT2D eigenvalue weighted by Gasteiger charge is 2.29. The maximum absolute atomic E-state index is 11.7. The zero-order valence-corrected chi connectivity index (χ0v) is 25.2. The number of hydrogen-bond donors (Lipinski definition) is 1. The van der Waals surface area contributed by atoms with Crippen LogP contribution in [-0.4, -0.2) is 34.3 Å². The third-order valence-electron chi connectivity index (χ3n) is 7.77. The lowest BCUT2D eigenvalue weighted by molar-refractivity contribution is -0.148. The molecule has 0 saturated carbocycles. The molecule has 0 atom stereocenters. The van der Waals surface area contributed by atoms with E-state index in [0.717, 1.165) is 38.6 Å². The number of hydrogen-bond acceptors (Lipinski definition) is 6. The molecule has 2 aromatic heterocycles. The van der Waals surface area contributed by atoms with Gasteiger partial charge in [-0.3, -0.25) is 4.79 Å². The summed E-state index contributed by atoms with van der Waals surface area (Å²) >= 11 is 0. The Morgan fingerprint density at radius 2 is 1.64 bits per heavy atom. The summed E-state index contributed by atoms with van der Waals surface area (Å²) in [6.07, 6.45) is 0. The van der Waals surface area contributed by atoms with Crippen molar-refractivity contribution < 1.29 is 28.5 Å². The third-order valence-corrected chi connectivity index (χ3v) is 7.77. The van der Waals surface area contributed by atoms with E-state index in [1.165, 1.54) is 0 Å². The van der Waals surface area contributed by atoms with Gasteiger partial charge >= 0.3 is 5.97 Å². The molecule has 6 aromatic rings. The van der Waals surface area contributed by atoms with Gasteiger partial charge in [0.15, 0.2) is 11.5 Å². The molecule has 0 fully saturated rings. The maximum Gasteiger partial charge on any atom is 0.312 e. The lowest BCUT2D eigenvalue weighted by Crippen LogP contribution is -2.30. The Bertz CT molecular complexity index is 1950. The van der Waals surface area contributed by atoms with Crippen molar-refractivity contribution in [3.05, 3.63) is 108 Å². The predicted molar refractivity (Wildman–Crippen MR) is 169 cm³/mol. The summed E-state index contributed by atoms with van der Waals surface area (Å²) in [4.78, 5) is 16.3. The van der Waals surface area contributed by atoms with Crippen LogP contribution in [0.2, 0.25) is 0 Å². The van der Waals surface area contributed by atoms with Gasteiger partial charge in [0.25, 0.3) is 0 Å². The van der Waals surface area contributed by atoms with Crippen LogP contribution in [0.5, 0.6) is 17.2 Å². The number of ether oxygens (including phenoxy) is 3. The number of carboxylic acids is 1. The van der Waals surface area contributed by atoms with Crippen LogP contribution >= 0.6 is 0 Å². The average Bonchev–Trinajstić information content (AvgIpc) is 3.57. The van der Waals surface area contributed by atoms with E-state index in [1.807, 2.05) is 79.7 Å². The summed E-state index contributed by atoms with van der Waals surface area (Å²) in [7, 11) is 1.63. The predicted octanol–water partition coefficient (Wildman–Crippen LogP) is 7.88. The number of rotatable bonds is 11. The quantitative estimate of drug-likeness (QED) is 0.164. The zero-order valence-electron chi connectivity index (χ0n) is 25.2. The normalized spacial score (nSPS) is 11.6. The van der Waals surface area contributed by atoms with E-state index in [4.69, 9.17) is 18.6 Å². The molecular weight excluding hydrogens is 556 g/mol. The molecule has 0 bridgehead atoms. The van der Waals surface area contributed by atoms with Crippen LogP contribution in [0.25, 0.3) is 33.3 Å². The lowest BCUT2D eigenvalue weighted by atomic mass is 9.95. The van der Waals surface area contributed by atoms with E-state index in [-0.39, 0.29) is 13.2 Å². The van der Waals surface area contributed by atoms with Crippen LogP contribution in [0, 0.1) is 12.3 Å². The van der Waals surface area contributed by atoms with E-state index in [1.54, 1.807) is 21.0 Å². The Hall–Kier alpha value is -5.24. The van der Waals surface area contributed by atoms with Crippen LogP contribution in [0.3, 0.4) is 0 Å². The summed E-state index contributed by atoms with van der Waals surface area (Å²) in [5, 5.41) is 11.6. The minimum absolute atomic E-state index is 0.0566. The summed E-state index contributed by atoms with van der Waals surface area (Å²) in [5.74, 6) is 2.26. The first-order valence-corrected chi connectivity index (χ1v) is 14.4. The smallest absolute Gasteiger partial charge is 0.312 e. The fourth-order valence-corrected chi connectivity index (χ4v) is 5.20. The molecule has 0 aliphatic rings. The van der Waals surface area contributed by atoms with E-state index < -0.39 is 11.4 Å². The highest BCUT2D eigenvalue weighted by molar-refractivity contribution is 6.11. The number of benzene rings is 4. The number of aliphatic carboxylic acids is 1. The van der Waals surface area contributed by atoms with Crippen molar-refractivity contribution in [2.24, 2.45) is 5.41 Å². The van der Waals surface area contributed by atoms with Gasteiger partial charge in [-0.15, -0.1) is 0 Å². The van der Waals surface area contributed by atoms with Gasteiger partial charge in [0.2, 0.25) is 5.89 Å². The molecule has 6 rings (SSSR count). The second-order valence-corrected chi connectivity index (χ2v) is 11.4. The molecule has 8 nitrogen and oxygen atoms in total. The van der Waals surface area contributed by atoms with Crippen molar-refractivity contribution in [1.29, 1.82) is 0 Å². The largest absolute Gasteiger partial charge is 0.493 e. The zero-order chi connectivity index (χ0) is 30.8.